The van der Waals surface area contributed by atoms with E-state index in [0.717, 1.165) is 43.4 Å². The first-order valence-corrected chi connectivity index (χ1v) is 11.2. The molecule has 32 heavy (non-hydrogen) atoms. The third-order valence-electron chi connectivity index (χ3n) is 5.21. The highest BCUT2D eigenvalue weighted by molar-refractivity contribution is 7.18. The van der Waals surface area contributed by atoms with Crippen LogP contribution in [-0.2, 0) is 9.47 Å². The highest BCUT2D eigenvalue weighted by Crippen LogP contribution is 2.35. The zero-order chi connectivity index (χ0) is 23.3. The molecule has 0 saturated heterocycles. The van der Waals surface area contributed by atoms with Crippen LogP contribution in [-0.4, -0.2) is 35.5 Å². The molecule has 0 unspecified atom stereocenters. The summed E-state index contributed by atoms with van der Waals surface area (Å²) in [5, 5.41) is 13.6. The van der Waals surface area contributed by atoms with Crippen LogP contribution in [0, 0.1) is 17.0 Å². The number of nitrogens with one attached hydrogen (secondary N) is 1. The smallest absolute Gasteiger partial charge is 0.348 e. The number of ether oxygens (including phenoxy) is 2. The number of benzene rings is 1. The van der Waals surface area contributed by atoms with Crippen molar-refractivity contribution in [2.75, 3.05) is 11.9 Å². The first kappa shape index (κ1) is 23.4. The number of anilines is 1. The molecule has 1 aliphatic rings. The predicted molar refractivity (Wildman–Crippen MR) is 118 cm³/mol. The van der Waals surface area contributed by atoms with Gasteiger partial charge in [-0.25, -0.2) is 9.59 Å². The van der Waals surface area contributed by atoms with Crippen LogP contribution in [0.25, 0.3) is 0 Å². The van der Waals surface area contributed by atoms with Crippen LogP contribution >= 0.6 is 11.3 Å². The molecule has 0 aliphatic heterocycles. The summed E-state index contributed by atoms with van der Waals surface area (Å²) in [6.07, 6.45) is 4.60. The van der Waals surface area contributed by atoms with E-state index in [1.165, 1.54) is 24.3 Å². The lowest BCUT2D eigenvalue weighted by molar-refractivity contribution is -0.384. The van der Waals surface area contributed by atoms with Crippen LogP contribution in [0.1, 0.15) is 75.0 Å². The quantitative estimate of drug-likeness (QED) is 0.354. The fourth-order valence-corrected chi connectivity index (χ4v) is 4.62. The molecule has 170 valence electrons. The van der Waals surface area contributed by atoms with Crippen molar-refractivity contribution in [1.29, 1.82) is 0 Å². The summed E-state index contributed by atoms with van der Waals surface area (Å²) in [7, 11) is 0. The van der Waals surface area contributed by atoms with Gasteiger partial charge in [0.1, 0.15) is 16.0 Å². The van der Waals surface area contributed by atoms with Crippen molar-refractivity contribution >= 4 is 39.9 Å². The maximum Gasteiger partial charge on any atom is 0.348 e. The molecule has 0 bridgehead atoms. The summed E-state index contributed by atoms with van der Waals surface area (Å²) in [5.41, 5.74) is 0.507. The number of amides is 1. The minimum Gasteiger partial charge on any atom is -0.462 e. The molecule has 3 rings (SSSR count). The van der Waals surface area contributed by atoms with Crippen LogP contribution in [0.5, 0.6) is 0 Å². The van der Waals surface area contributed by atoms with Gasteiger partial charge in [-0.2, -0.15) is 0 Å². The predicted octanol–water partition coefficient (Wildman–Crippen LogP) is 4.88. The van der Waals surface area contributed by atoms with Crippen molar-refractivity contribution in [3.63, 3.8) is 0 Å². The third-order valence-corrected chi connectivity index (χ3v) is 6.39. The largest absolute Gasteiger partial charge is 0.462 e. The Morgan fingerprint density at radius 3 is 2.38 bits per heavy atom. The molecule has 9 nitrogen and oxygen atoms in total. The molecule has 1 aromatic carbocycles. The lowest BCUT2D eigenvalue weighted by atomic mass is 9.98. The first-order valence-electron chi connectivity index (χ1n) is 10.4. The maximum absolute atomic E-state index is 12.8. The van der Waals surface area contributed by atoms with Gasteiger partial charge < -0.3 is 14.8 Å². The fourth-order valence-electron chi connectivity index (χ4n) is 3.54. The van der Waals surface area contributed by atoms with Crippen molar-refractivity contribution in [3.05, 3.63) is 55.9 Å². The van der Waals surface area contributed by atoms with Crippen LogP contribution in [0.3, 0.4) is 0 Å². The Morgan fingerprint density at radius 2 is 1.78 bits per heavy atom. The Morgan fingerprint density at radius 1 is 1.12 bits per heavy atom. The molecule has 1 fully saturated rings. The second-order valence-corrected chi connectivity index (χ2v) is 8.42. The van der Waals surface area contributed by atoms with Gasteiger partial charge in [0.15, 0.2) is 0 Å². The number of hydrogen-bond donors (Lipinski definition) is 1. The van der Waals surface area contributed by atoms with E-state index >= 15 is 0 Å². The van der Waals surface area contributed by atoms with Crippen LogP contribution in [0.2, 0.25) is 0 Å². The second kappa shape index (κ2) is 10.4. The van der Waals surface area contributed by atoms with Gasteiger partial charge in [0.25, 0.3) is 11.6 Å². The summed E-state index contributed by atoms with van der Waals surface area (Å²) in [5.74, 6) is -1.75. The van der Waals surface area contributed by atoms with Gasteiger partial charge in [-0.1, -0.05) is 6.42 Å². The van der Waals surface area contributed by atoms with E-state index < -0.39 is 22.8 Å². The molecule has 1 aliphatic carbocycles. The molecule has 1 amide bonds. The molecule has 1 heterocycles. The van der Waals surface area contributed by atoms with Crippen molar-refractivity contribution in [3.8, 4) is 0 Å². The highest BCUT2D eigenvalue weighted by Gasteiger charge is 2.29. The molecule has 2 aromatic rings. The fraction of sp³-hybridized carbons (Fsp3) is 0.409. The number of rotatable bonds is 7. The SMILES string of the molecule is CCOC(=O)c1c(NC(=O)c2ccc([N+](=O)[O-])cc2)sc(C(=O)OC2CCCCC2)c1C. The Balaban J connectivity index is 1.86. The van der Waals surface area contributed by atoms with Crippen molar-refractivity contribution < 1.29 is 28.8 Å². The lowest BCUT2D eigenvalue weighted by Crippen LogP contribution is -2.21. The number of carbonyl (C=O) groups is 3. The second-order valence-electron chi connectivity index (χ2n) is 7.40. The van der Waals surface area contributed by atoms with Gasteiger partial charge in [0, 0.05) is 17.7 Å². The van der Waals surface area contributed by atoms with E-state index in [-0.39, 0.29) is 39.4 Å². The number of nitro groups is 1. The first-order chi connectivity index (χ1) is 15.3. The van der Waals surface area contributed by atoms with Crippen molar-refractivity contribution in [2.45, 2.75) is 52.1 Å². The minimum atomic E-state index is -0.656. The van der Waals surface area contributed by atoms with E-state index in [4.69, 9.17) is 9.47 Å². The zero-order valence-corrected chi connectivity index (χ0v) is 18.7. The van der Waals surface area contributed by atoms with Crippen LogP contribution in [0.15, 0.2) is 24.3 Å². The van der Waals surface area contributed by atoms with Gasteiger partial charge in [-0.15, -0.1) is 11.3 Å². The number of thiophene rings is 1. The molecule has 0 radical (unpaired) electrons. The van der Waals surface area contributed by atoms with E-state index in [1.807, 2.05) is 0 Å². The Bertz CT molecular complexity index is 1020. The third kappa shape index (κ3) is 5.31. The van der Waals surface area contributed by atoms with E-state index in [2.05, 4.69) is 5.32 Å². The Hall–Kier alpha value is -3.27. The zero-order valence-electron chi connectivity index (χ0n) is 17.8. The molecule has 1 saturated carbocycles. The minimum absolute atomic E-state index is 0.0997. The van der Waals surface area contributed by atoms with Crippen LogP contribution < -0.4 is 5.32 Å². The average Bonchev–Trinajstić information content (AvgIpc) is 3.10. The number of esters is 2. The summed E-state index contributed by atoms with van der Waals surface area (Å²) in [6, 6.07) is 5.06. The average molecular weight is 461 g/mol. The standard InChI is InChI=1S/C22H24N2O7S/c1-3-30-21(26)17-13(2)18(22(27)31-16-7-5-4-6-8-16)32-20(17)23-19(25)14-9-11-15(12-10-14)24(28)29/h9-12,16H,3-8H2,1-2H3,(H,23,25). The number of nitro benzene ring substituents is 1. The van der Waals surface area contributed by atoms with Crippen molar-refractivity contribution in [2.24, 2.45) is 0 Å². The van der Waals surface area contributed by atoms with E-state index in [1.54, 1.807) is 13.8 Å². The molecule has 10 heteroatoms. The summed E-state index contributed by atoms with van der Waals surface area (Å²) in [6.45, 7) is 3.40. The molecule has 1 N–H and O–H groups in total. The lowest BCUT2D eigenvalue weighted by Gasteiger charge is -2.21. The number of carbonyl (C=O) groups excluding carboxylic acids is 3. The molecule has 1 aromatic heterocycles. The molecule has 0 spiro atoms. The Kier molecular flexibility index (Phi) is 7.57. The summed E-state index contributed by atoms with van der Waals surface area (Å²) in [4.78, 5) is 48.5. The van der Waals surface area contributed by atoms with Gasteiger partial charge in [-0.3, -0.25) is 14.9 Å². The Labute approximate surface area is 188 Å². The van der Waals surface area contributed by atoms with Gasteiger partial charge >= 0.3 is 11.9 Å². The van der Waals surface area contributed by atoms with E-state index in [9.17, 15) is 24.5 Å². The van der Waals surface area contributed by atoms with Crippen LogP contribution in [0.4, 0.5) is 10.7 Å². The topological polar surface area (TPSA) is 125 Å². The van der Waals surface area contributed by atoms with E-state index in [0.29, 0.717) is 5.56 Å². The molecular weight excluding hydrogens is 436 g/mol. The number of nitrogens with zero attached hydrogens (tertiary/aromatic N) is 1. The number of hydrogen-bond acceptors (Lipinski definition) is 8. The van der Waals surface area contributed by atoms with Gasteiger partial charge in [0.2, 0.25) is 0 Å². The number of non-ortho nitro benzene ring substituents is 1. The maximum atomic E-state index is 12.8. The summed E-state index contributed by atoms with van der Waals surface area (Å²) < 4.78 is 10.7. The molecule has 0 atom stereocenters. The normalized spacial score (nSPS) is 13.9. The van der Waals surface area contributed by atoms with Gasteiger partial charge in [-0.05, 0) is 57.2 Å². The monoisotopic (exact) mass is 460 g/mol. The summed E-state index contributed by atoms with van der Waals surface area (Å²) >= 11 is 0.952. The van der Waals surface area contributed by atoms with Crippen molar-refractivity contribution in [1.82, 2.24) is 0 Å². The molecular formula is C22H24N2O7S. The van der Waals surface area contributed by atoms with Gasteiger partial charge in [0.05, 0.1) is 17.1 Å². The highest BCUT2D eigenvalue weighted by atomic mass is 32.1.